The van der Waals surface area contributed by atoms with Gasteiger partial charge in [0.25, 0.3) is 0 Å². The minimum atomic E-state index is -0.530. The normalized spacial score (nSPS) is 11.1. The molecule has 0 aliphatic rings. The molecule has 0 saturated carbocycles. The van der Waals surface area contributed by atoms with Gasteiger partial charge < -0.3 is 4.84 Å². The Balaban J connectivity index is 1.69. The van der Waals surface area contributed by atoms with Gasteiger partial charge in [0, 0.05) is 6.42 Å². The number of aryl methyl sites for hydroxylation is 2. The number of benzene rings is 1. The van der Waals surface area contributed by atoms with Crippen molar-refractivity contribution in [3.05, 3.63) is 40.1 Å². The summed E-state index contributed by atoms with van der Waals surface area (Å²) in [6.45, 7) is 2.73. The summed E-state index contributed by atoms with van der Waals surface area (Å²) >= 11 is 0. The zero-order valence-corrected chi connectivity index (χ0v) is 12.3. The molecule has 1 N–H and O–H groups in total. The van der Waals surface area contributed by atoms with Crippen LogP contribution in [0.25, 0.3) is 11.0 Å². The van der Waals surface area contributed by atoms with Crippen LogP contribution in [-0.4, -0.2) is 31.9 Å². The quantitative estimate of drug-likeness (QED) is 0.657. The molecule has 1 aromatic carbocycles. The number of fused-ring (bicyclic) bond motifs is 1. The van der Waals surface area contributed by atoms with Crippen molar-refractivity contribution >= 4 is 11.0 Å². The number of aromatic nitrogens is 5. The fourth-order valence-corrected chi connectivity index (χ4v) is 2.12. The van der Waals surface area contributed by atoms with Crippen molar-refractivity contribution in [2.75, 3.05) is 6.61 Å². The fraction of sp³-hybridized carbons (Fsp3) is 0.429. The molecule has 0 radical (unpaired) electrons. The molecule has 2 heterocycles. The molecule has 0 saturated heterocycles. The topological polar surface area (TPSA) is 98.8 Å². The van der Waals surface area contributed by atoms with Crippen LogP contribution in [-0.2, 0) is 12.8 Å². The van der Waals surface area contributed by atoms with Crippen molar-refractivity contribution in [1.82, 2.24) is 25.3 Å². The molecular formula is C14H17N5O3. The Morgan fingerprint density at radius 2 is 2.27 bits per heavy atom. The number of aromatic amines is 1. The number of H-pyrrole nitrogens is 1. The van der Waals surface area contributed by atoms with E-state index in [2.05, 4.69) is 31.9 Å². The van der Waals surface area contributed by atoms with Gasteiger partial charge in [0.15, 0.2) is 5.82 Å². The number of nitrogens with one attached hydrogen (secondary N) is 1. The number of hydrogen-bond acceptors (Lipinski definition) is 6. The highest BCUT2D eigenvalue weighted by Gasteiger charge is 2.07. The van der Waals surface area contributed by atoms with E-state index in [1.807, 2.05) is 18.2 Å². The van der Waals surface area contributed by atoms with Gasteiger partial charge in [-0.2, -0.15) is 0 Å². The second-order valence-electron chi connectivity index (χ2n) is 5.01. The average Bonchev–Trinajstić information content (AvgIpc) is 3.12. The lowest BCUT2D eigenvalue weighted by Crippen LogP contribution is -2.14. The third-order valence-electron chi connectivity index (χ3n) is 3.33. The molecule has 3 rings (SSSR count). The Kier molecular flexibility index (Phi) is 4.17. The number of rotatable bonds is 7. The van der Waals surface area contributed by atoms with Gasteiger partial charge in [-0.15, -0.1) is 5.10 Å². The van der Waals surface area contributed by atoms with Crippen molar-refractivity contribution in [3.63, 3.8) is 0 Å². The van der Waals surface area contributed by atoms with Crippen LogP contribution in [0.15, 0.2) is 27.5 Å². The maximum Gasteiger partial charge on any atom is 0.438 e. The van der Waals surface area contributed by atoms with E-state index in [0.717, 1.165) is 35.9 Å². The zero-order chi connectivity index (χ0) is 15.4. The molecule has 8 nitrogen and oxygen atoms in total. The molecule has 116 valence electrons. The number of nitrogens with zero attached hydrogens (tertiary/aromatic N) is 4. The van der Waals surface area contributed by atoms with E-state index in [0.29, 0.717) is 18.9 Å². The van der Waals surface area contributed by atoms with E-state index in [1.165, 1.54) is 4.85 Å². The molecule has 22 heavy (non-hydrogen) atoms. The summed E-state index contributed by atoms with van der Waals surface area (Å²) in [6, 6.07) is 5.88. The van der Waals surface area contributed by atoms with E-state index >= 15 is 0 Å². The van der Waals surface area contributed by atoms with Gasteiger partial charge in [-0.05, 0) is 35.8 Å². The molecule has 0 spiro atoms. The van der Waals surface area contributed by atoms with Gasteiger partial charge in [-0.3, -0.25) is 9.51 Å². The maximum absolute atomic E-state index is 10.9. The predicted octanol–water partition coefficient (Wildman–Crippen LogP) is 1.12. The highest BCUT2D eigenvalue weighted by molar-refractivity contribution is 5.74. The Hall–Kier alpha value is -2.64. The van der Waals surface area contributed by atoms with Crippen LogP contribution >= 0.6 is 0 Å². The number of hydrogen-bond donors (Lipinski definition) is 1. The summed E-state index contributed by atoms with van der Waals surface area (Å²) in [4.78, 5) is 20.4. The lowest BCUT2D eigenvalue weighted by atomic mass is 10.1. The molecule has 0 fully saturated rings. The van der Waals surface area contributed by atoms with Crippen LogP contribution in [0.2, 0.25) is 0 Å². The van der Waals surface area contributed by atoms with Crippen LogP contribution in [0.3, 0.4) is 0 Å². The van der Waals surface area contributed by atoms with Gasteiger partial charge in [0.05, 0.1) is 0 Å². The van der Waals surface area contributed by atoms with Gasteiger partial charge >= 0.3 is 5.76 Å². The summed E-state index contributed by atoms with van der Waals surface area (Å²) in [6.07, 6.45) is 3.37. The number of unbranched alkanes of at least 4 members (excludes halogenated alkanes) is 1. The molecule has 0 atom stereocenters. The van der Waals surface area contributed by atoms with E-state index in [9.17, 15) is 4.79 Å². The van der Waals surface area contributed by atoms with Crippen molar-refractivity contribution in [2.45, 2.75) is 32.6 Å². The summed E-state index contributed by atoms with van der Waals surface area (Å²) in [5.74, 6) is 0.00859. The molecular weight excluding hydrogens is 286 g/mol. The average molecular weight is 303 g/mol. The predicted molar refractivity (Wildman–Crippen MR) is 78.4 cm³/mol. The van der Waals surface area contributed by atoms with Gasteiger partial charge in [0.2, 0.25) is 0 Å². The summed E-state index contributed by atoms with van der Waals surface area (Å²) in [5, 5.41) is 11.8. The van der Waals surface area contributed by atoms with Crippen LogP contribution in [0, 0.1) is 0 Å². The first-order valence-corrected chi connectivity index (χ1v) is 7.29. The second kappa shape index (κ2) is 6.42. The Bertz CT molecular complexity index is 804. The first-order chi connectivity index (χ1) is 10.8. The molecule has 0 amide bonds. The lowest BCUT2D eigenvalue weighted by Gasteiger charge is -2.04. The summed E-state index contributed by atoms with van der Waals surface area (Å²) in [7, 11) is 0. The van der Waals surface area contributed by atoms with Crippen molar-refractivity contribution in [2.24, 2.45) is 0 Å². The SMILES string of the molecule is CCCCOn1nnc2cc(CCc3noc(=O)[nH]3)ccc21. The van der Waals surface area contributed by atoms with Crippen molar-refractivity contribution in [3.8, 4) is 0 Å². The first kappa shape index (κ1) is 14.3. The van der Waals surface area contributed by atoms with E-state index in [4.69, 9.17) is 4.84 Å². The van der Waals surface area contributed by atoms with E-state index in [1.54, 1.807) is 0 Å². The largest absolute Gasteiger partial charge is 0.438 e. The van der Waals surface area contributed by atoms with Crippen molar-refractivity contribution < 1.29 is 9.36 Å². The Morgan fingerprint density at radius 1 is 1.36 bits per heavy atom. The first-order valence-electron chi connectivity index (χ1n) is 7.29. The van der Waals surface area contributed by atoms with Crippen LogP contribution in [0.1, 0.15) is 31.2 Å². The van der Waals surface area contributed by atoms with Crippen molar-refractivity contribution in [1.29, 1.82) is 0 Å². The molecule has 0 aliphatic carbocycles. The minimum absolute atomic E-state index is 0.530. The van der Waals surface area contributed by atoms with E-state index < -0.39 is 5.76 Å². The molecule has 3 aromatic rings. The second-order valence-corrected chi connectivity index (χ2v) is 5.01. The highest BCUT2D eigenvalue weighted by atomic mass is 16.7. The lowest BCUT2D eigenvalue weighted by molar-refractivity contribution is 0.0853. The van der Waals surface area contributed by atoms with Gasteiger partial charge in [-0.25, -0.2) is 4.79 Å². The third-order valence-corrected chi connectivity index (χ3v) is 3.33. The molecule has 0 bridgehead atoms. The smallest absolute Gasteiger partial charge is 0.395 e. The standard InChI is InChI=1S/C14H17N5O3/c1-2-3-8-21-19-12-6-4-10(9-11(12)16-18-19)5-7-13-15-14(20)22-17-13/h4,6,9H,2-3,5,7-8H2,1H3,(H,15,17,20). The monoisotopic (exact) mass is 303 g/mol. The highest BCUT2D eigenvalue weighted by Crippen LogP contribution is 2.14. The van der Waals surface area contributed by atoms with Gasteiger partial charge in [0.1, 0.15) is 17.6 Å². The Labute approximate surface area is 126 Å². The third kappa shape index (κ3) is 3.16. The minimum Gasteiger partial charge on any atom is -0.395 e. The summed E-state index contributed by atoms with van der Waals surface area (Å²) in [5.41, 5.74) is 2.70. The summed E-state index contributed by atoms with van der Waals surface area (Å²) < 4.78 is 4.47. The van der Waals surface area contributed by atoms with E-state index in [-0.39, 0.29) is 0 Å². The molecule has 8 heteroatoms. The Morgan fingerprint density at radius 3 is 3.05 bits per heavy atom. The van der Waals surface area contributed by atoms with Crippen LogP contribution in [0.4, 0.5) is 0 Å². The molecule has 0 unspecified atom stereocenters. The van der Waals surface area contributed by atoms with Crippen LogP contribution in [0.5, 0.6) is 0 Å². The maximum atomic E-state index is 10.9. The fourth-order valence-electron chi connectivity index (χ4n) is 2.12. The zero-order valence-electron chi connectivity index (χ0n) is 12.3. The van der Waals surface area contributed by atoms with Gasteiger partial charge in [-0.1, -0.05) is 29.4 Å². The van der Waals surface area contributed by atoms with Crippen LogP contribution < -0.4 is 10.6 Å². The molecule has 2 aromatic heterocycles. The molecule has 0 aliphatic heterocycles.